The van der Waals surface area contributed by atoms with Crippen LogP contribution >= 0.6 is 0 Å². The predicted molar refractivity (Wildman–Crippen MR) is 96.6 cm³/mol. The first-order valence-corrected chi connectivity index (χ1v) is 9.34. The average Bonchev–Trinajstić information content (AvgIpc) is 2.83. The van der Waals surface area contributed by atoms with E-state index in [2.05, 4.69) is 0 Å². The van der Waals surface area contributed by atoms with Crippen molar-refractivity contribution < 1.29 is 23.8 Å². The van der Waals surface area contributed by atoms with Crippen molar-refractivity contribution in [2.75, 3.05) is 33.4 Å². The molecular formula is C20H27NO5. The average molecular weight is 361 g/mol. The molecule has 1 aliphatic carbocycles. The summed E-state index contributed by atoms with van der Waals surface area (Å²) in [6.07, 6.45) is 4.40. The second kappa shape index (κ2) is 8.54. The number of benzene rings is 1. The van der Waals surface area contributed by atoms with Gasteiger partial charge in [0.25, 0.3) is 5.91 Å². The Labute approximate surface area is 154 Å². The first-order chi connectivity index (χ1) is 12.6. The van der Waals surface area contributed by atoms with Crippen LogP contribution in [0.4, 0.5) is 0 Å². The van der Waals surface area contributed by atoms with Crippen LogP contribution in [0.1, 0.15) is 53.3 Å². The maximum absolute atomic E-state index is 13.0. The third-order valence-corrected chi connectivity index (χ3v) is 5.02. The van der Waals surface area contributed by atoms with Crippen molar-refractivity contribution in [1.82, 2.24) is 4.90 Å². The molecule has 1 amide bonds. The van der Waals surface area contributed by atoms with Crippen molar-refractivity contribution in [1.29, 1.82) is 0 Å². The Morgan fingerprint density at radius 2 is 1.96 bits per heavy atom. The Morgan fingerprint density at radius 3 is 2.65 bits per heavy atom. The molecule has 0 unspecified atom stereocenters. The summed E-state index contributed by atoms with van der Waals surface area (Å²) in [6.45, 7) is 4.42. The smallest absolute Gasteiger partial charge is 0.338 e. The number of carbonyl (C=O) groups is 2. The third kappa shape index (κ3) is 4.55. The lowest BCUT2D eigenvalue weighted by molar-refractivity contribution is 0.0562. The number of amides is 1. The van der Waals surface area contributed by atoms with E-state index in [0.717, 1.165) is 6.42 Å². The molecule has 0 radical (unpaired) electrons. The summed E-state index contributed by atoms with van der Waals surface area (Å²) in [5.41, 5.74) is 0.784. The molecule has 6 nitrogen and oxygen atoms in total. The molecule has 0 aromatic heterocycles. The molecule has 1 heterocycles. The summed E-state index contributed by atoms with van der Waals surface area (Å²) in [4.78, 5) is 26.8. The Morgan fingerprint density at radius 1 is 1.19 bits per heavy atom. The van der Waals surface area contributed by atoms with Gasteiger partial charge in [-0.1, -0.05) is 6.42 Å². The Bertz CT molecular complexity index is 656. The van der Waals surface area contributed by atoms with Crippen molar-refractivity contribution >= 4 is 11.9 Å². The number of ether oxygens (including phenoxy) is 3. The third-order valence-electron chi connectivity index (χ3n) is 5.02. The fourth-order valence-corrected chi connectivity index (χ4v) is 3.28. The van der Waals surface area contributed by atoms with Gasteiger partial charge in [-0.2, -0.15) is 0 Å². The zero-order valence-electron chi connectivity index (χ0n) is 15.5. The molecule has 1 aliphatic heterocycles. The SMILES string of the molecule is COC(=O)c1cc(OCC2CCC2)cc(C(=O)N2CCCO[C@H](C)C2)c1. The van der Waals surface area contributed by atoms with Crippen molar-refractivity contribution in [3.05, 3.63) is 29.3 Å². The maximum Gasteiger partial charge on any atom is 0.338 e. The summed E-state index contributed by atoms with van der Waals surface area (Å²) in [6, 6.07) is 4.96. The summed E-state index contributed by atoms with van der Waals surface area (Å²) >= 11 is 0. The summed E-state index contributed by atoms with van der Waals surface area (Å²) in [7, 11) is 1.33. The first-order valence-electron chi connectivity index (χ1n) is 9.34. The highest BCUT2D eigenvalue weighted by Gasteiger charge is 2.24. The lowest BCUT2D eigenvalue weighted by atomic mass is 9.86. The van der Waals surface area contributed by atoms with E-state index in [9.17, 15) is 9.59 Å². The number of rotatable bonds is 5. The minimum Gasteiger partial charge on any atom is -0.493 e. The highest BCUT2D eigenvalue weighted by Crippen LogP contribution is 2.28. The maximum atomic E-state index is 13.0. The molecule has 142 valence electrons. The van der Waals surface area contributed by atoms with Gasteiger partial charge in [-0.05, 0) is 50.3 Å². The fourth-order valence-electron chi connectivity index (χ4n) is 3.28. The molecule has 26 heavy (non-hydrogen) atoms. The topological polar surface area (TPSA) is 65.1 Å². The van der Waals surface area contributed by atoms with E-state index in [1.54, 1.807) is 23.1 Å². The zero-order chi connectivity index (χ0) is 18.5. The zero-order valence-corrected chi connectivity index (χ0v) is 15.5. The van der Waals surface area contributed by atoms with Crippen LogP contribution in [0.5, 0.6) is 5.75 Å². The first kappa shape index (κ1) is 18.7. The monoisotopic (exact) mass is 361 g/mol. The van der Waals surface area contributed by atoms with Crippen LogP contribution in [0.2, 0.25) is 0 Å². The summed E-state index contributed by atoms with van der Waals surface area (Å²) in [5, 5.41) is 0. The molecule has 2 aliphatic rings. The highest BCUT2D eigenvalue weighted by molar-refractivity contribution is 5.98. The van der Waals surface area contributed by atoms with E-state index in [1.165, 1.54) is 26.4 Å². The van der Waals surface area contributed by atoms with E-state index in [-0.39, 0.29) is 12.0 Å². The Kier molecular flexibility index (Phi) is 6.14. The number of hydrogen-bond donors (Lipinski definition) is 0. The summed E-state index contributed by atoms with van der Waals surface area (Å²) in [5.74, 6) is 0.532. The number of esters is 1. The van der Waals surface area contributed by atoms with Crippen molar-refractivity contribution in [3.63, 3.8) is 0 Å². The van der Waals surface area contributed by atoms with Gasteiger partial charge in [0.1, 0.15) is 5.75 Å². The largest absolute Gasteiger partial charge is 0.493 e. The van der Waals surface area contributed by atoms with Gasteiger partial charge < -0.3 is 19.1 Å². The van der Waals surface area contributed by atoms with Gasteiger partial charge >= 0.3 is 5.97 Å². The van der Waals surface area contributed by atoms with Crippen LogP contribution in [-0.4, -0.2) is 56.3 Å². The number of hydrogen-bond acceptors (Lipinski definition) is 5. The second-order valence-electron chi connectivity index (χ2n) is 7.13. The molecule has 1 saturated carbocycles. The number of carbonyl (C=O) groups excluding carboxylic acids is 2. The lowest BCUT2D eigenvalue weighted by Gasteiger charge is -2.25. The normalized spacial score (nSPS) is 20.8. The molecule has 2 fully saturated rings. The predicted octanol–water partition coefficient (Wildman–Crippen LogP) is 2.90. The van der Waals surface area contributed by atoms with Gasteiger partial charge in [0.15, 0.2) is 0 Å². The van der Waals surface area contributed by atoms with E-state index in [0.29, 0.717) is 49.1 Å². The molecule has 0 N–H and O–H groups in total. The molecule has 1 saturated heterocycles. The molecule has 1 aromatic rings. The Balaban J connectivity index is 1.80. The number of nitrogens with zero attached hydrogens (tertiary/aromatic N) is 1. The van der Waals surface area contributed by atoms with Gasteiger partial charge in [0.2, 0.25) is 0 Å². The number of methoxy groups -OCH3 is 1. The van der Waals surface area contributed by atoms with Gasteiger partial charge in [0.05, 0.1) is 25.4 Å². The van der Waals surface area contributed by atoms with Gasteiger partial charge in [-0.25, -0.2) is 4.79 Å². The van der Waals surface area contributed by atoms with Crippen LogP contribution in [0.25, 0.3) is 0 Å². The van der Waals surface area contributed by atoms with Crippen LogP contribution in [0.3, 0.4) is 0 Å². The molecule has 3 rings (SSSR count). The molecule has 1 aromatic carbocycles. The minimum atomic E-state index is -0.472. The molecular weight excluding hydrogens is 334 g/mol. The van der Waals surface area contributed by atoms with E-state index >= 15 is 0 Å². The van der Waals surface area contributed by atoms with Gasteiger partial charge in [0, 0.05) is 25.3 Å². The standard InChI is InChI=1S/C20H27NO5/c1-14-12-21(7-4-8-25-14)19(22)16-9-17(20(23)24-2)11-18(10-16)26-13-15-5-3-6-15/h9-11,14-15H,3-8,12-13H2,1-2H3/t14-/m1/s1. The van der Waals surface area contributed by atoms with Gasteiger partial charge in [-0.15, -0.1) is 0 Å². The molecule has 1 atom stereocenters. The van der Waals surface area contributed by atoms with Gasteiger partial charge in [-0.3, -0.25) is 4.79 Å². The van der Waals surface area contributed by atoms with E-state index < -0.39 is 5.97 Å². The van der Waals surface area contributed by atoms with Crippen molar-refractivity contribution in [3.8, 4) is 5.75 Å². The lowest BCUT2D eigenvalue weighted by Crippen LogP contribution is -2.36. The van der Waals surface area contributed by atoms with Crippen LogP contribution < -0.4 is 4.74 Å². The Hall–Kier alpha value is -2.08. The van der Waals surface area contributed by atoms with Crippen LogP contribution in [-0.2, 0) is 9.47 Å². The molecule has 6 heteroatoms. The molecule has 0 bridgehead atoms. The van der Waals surface area contributed by atoms with Crippen LogP contribution in [0, 0.1) is 5.92 Å². The van der Waals surface area contributed by atoms with Crippen molar-refractivity contribution in [2.24, 2.45) is 5.92 Å². The molecule has 0 spiro atoms. The van der Waals surface area contributed by atoms with Crippen LogP contribution in [0.15, 0.2) is 18.2 Å². The highest BCUT2D eigenvalue weighted by atomic mass is 16.5. The quantitative estimate of drug-likeness (QED) is 0.755. The minimum absolute atomic E-state index is 0.000392. The van der Waals surface area contributed by atoms with E-state index in [1.807, 2.05) is 6.92 Å². The van der Waals surface area contributed by atoms with E-state index in [4.69, 9.17) is 14.2 Å². The second-order valence-corrected chi connectivity index (χ2v) is 7.13. The fraction of sp³-hybridized carbons (Fsp3) is 0.600. The summed E-state index contributed by atoms with van der Waals surface area (Å²) < 4.78 is 16.3. The van der Waals surface area contributed by atoms with Crippen molar-refractivity contribution in [2.45, 2.75) is 38.7 Å².